The Bertz CT molecular complexity index is 494. The summed E-state index contributed by atoms with van der Waals surface area (Å²) in [5.74, 6) is 0. The zero-order valence-electron chi connectivity index (χ0n) is 10.6. The van der Waals surface area contributed by atoms with Gasteiger partial charge in [0, 0.05) is 40.4 Å². The van der Waals surface area contributed by atoms with E-state index < -0.39 is 0 Å². The van der Waals surface area contributed by atoms with Gasteiger partial charge in [-0.2, -0.15) is 0 Å². The second-order valence-electron chi connectivity index (χ2n) is 4.26. The number of halogens is 1. The second-order valence-corrected chi connectivity index (χ2v) is 6.12. The Kier molecular flexibility index (Phi) is 4.91. The van der Waals surface area contributed by atoms with Crippen molar-refractivity contribution in [3.63, 3.8) is 0 Å². The molecule has 1 unspecified atom stereocenters. The van der Waals surface area contributed by atoms with Gasteiger partial charge in [0.2, 0.25) is 0 Å². The Hall–Kier alpha value is -0.720. The topological polar surface area (TPSA) is 42.7 Å². The molecule has 0 aliphatic rings. The third-order valence-electron chi connectivity index (χ3n) is 2.64. The van der Waals surface area contributed by atoms with Crippen LogP contribution in [0.3, 0.4) is 0 Å². The monoisotopic (exact) mass is 328 g/mol. The van der Waals surface area contributed by atoms with E-state index in [1.165, 1.54) is 4.88 Å². The molecule has 0 aliphatic carbocycles. The molecule has 0 saturated heterocycles. The first-order valence-electron chi connectivity index (χ1n) is 6.01. The Balaban J connectivity index is 2.09. The number of rotatable bonds is 6. The summed E-state index contributed by atoms with van der Waals surface area (Å²) in [7, 11) is 1.90. The van der Waals surface area contributed by atoms with E-state index in [0.717, 1.165) is 29.6 Å². The van der Waals surface area contributed by atoms with Crippen molar-refractivity contribution in [3.05, 3.63) is 32.7 Å². The molecule has 0 fully saturated rings. The van der Waals surface area contributed by atoms with Gasteiger partial charge in [-0.1, -0.05) is 12.1 Å². The molecule has 1 N–H and O–H groups in total. The predicted octanol–water partition coefficient (Wildman–Crippen LogP) is 2.92. The molecule has 18 heavy (non-hydrogen) atoms. The van der Waals surface area contributed by atoms with Crippen LogP contribution in [0.4, 0.5) is 0 Å². The number of nitrogens with one attached hydrogen (secondary N) is 1. The first-order valence-corrected chi connectivity index (χ1v) is 7.68. The zero-order valence-corrected chi connectivity index (χ0v) is 13.0. The zero-order chi connectivity index (χ0) is 13.0. The second kappa shape index (κ2) is 6.45. The van der Waals surface area contributed by atoms with E-state index in [4.69, 9.17) is 0 Å². The van der Waals surface area contributed by atoms with Crippen LogP contribution in [0.15, 0.2) is 22.1 Å². The summed E-state index contributed by atoms with van der Waals surface area (Å²) in [6.45, 7) is 3.19. The fourth-order valence-electron chi connectivity index (χ4n) is 1.80. The van der Waals surface area contributed by atoms with Crippen LogP contribution in [0.2, 0.25) is 0 Å². The number of nitrogens with zero attached hydrogens (tertiary/aromatic N) is 3. The summed E-state index contributed by atoms with van der Waals surface area (Å²) in [4.78, 5) is 1.33. The average molecular weight is 329 g/mol. The Morgan fingerprint density at radius 1 is 1.56 bits per heavy atom. The number of thiophene rings is 1. The normalized spacial score (nSPS) is 12.8. The summed E-state index contributed by atoms with van der Waals surface area (Å²) < 4.78 is 2.89. The highest BCUT2D eigenvalue weighted by molar-refractivity contribution is 9.10. The molecule has 6 heteroatoms. The molecule has 0 bridgehead atoms. The number of aryl methyl sites for hydroxylation is 1. The number of hydrogen-bond acceptors (Lipinski definition) is 4. The van der Waals surface area contributed by atoms with E-state index >= 15 is 0 Å². The van der Waals surface area contributed by atoms with Crippen molar-refractivity contribution < 1.29 is 0 Å². The van der Waals surface area contributed by atoms with Crippen molar-refractivity contribution in [3.8, 4) is 0 Å². The molecule has 1 atom stereocenters. The van der Waals surface area contributed by atoms with Gasteiger partial charge in [-0.3, -0.25) is 4.68 Å². The van der Waals surface area contributed by atoms with Crippen LogP contribution in [0, 0.1) is 0 Å². The molecular formula is C12H17BrN4S. The van der Waals surface area contributed by atoms with Crippen LogP contribution >= 0.6 is 27.3 Å². The molecule has 0 aromatic carbocycles. The quantitative estimate of drug-likeness (QED) is 0.886. The summed E-state index contributed by atoms with van der Waals surface area (Å²) in [6, 6.07) is 2.49. The van der Waals surface area contributed by atoms with Crippen LogP contribution in [0.25, 0.3) is 0 Å². The molecule has 2 aromatic heterocycles. The van der Waals surface area contributed by atoms with E-state index in [2.05, 4.69) is 49.9 Å². The average Bonchev–Trinajstić information content (AvgIpc) is 2.93. The Morgan fingerprint density at radius 2 is 2.39 bits per heavy atom. The van der Waals surface area contributed by atoms with Crippen LogP contribution in [-0.4, -0.2) is 21.5 Å². The first kappa shape index (κ1) is 13.7. The van der Waals surface area contributed by atoms with Gasteiger partial charge < -0.3 is 5.32 Å². The molecule has 98 valence electrons. The lowest BCUT2D eigenvalue weighted by molar-refractivity contribution is 0.531. The summed E-state index contributed by atoms with van der Waals surface area (Å²) in [5, 5.41) is 13.8. The highest BCUT2D eigenvalue weighted by Gasteiger charge is 2.15. The molecule has 0 aliphatic heterocycles. The smallest absolute Gasteiger partial charge is 0.0846 e. The van der Waals surface area contributed by atoms with Crippen LogP contribution < -0.4 is 5.32 Å². The van der Waals surface area contributed by atoms with Crippen molar-refractivity contribution in [2.75, 3.05) is 6.54 Å². The van der Waals surface area contributed by atoms with Crippen molar-refractivity contribution in [1.82, 2.24) is 20.3 Å². The van der Waals surface area contributed by atoms with Crippen LogP contribution in [-0.2, 0) is 13.5 Å². The Labute approximate surface area is 120 Å². The summed E-state index contributed by atoms with van der Waals surface area (Å²) >= 11 is 5.28. The van der Waals surface area contributed by atoms with E-state index in [1.807, 2.05) is 13.2 Å². The molecule has 2 aromatic rings. The largest absolute Gasteiger partial charge is 0.309 e. The van der Waals surface area contributed by atoms with Gasteiger partial charge in [0.15, 0.2) is 0 Å². The minimum Gasteiger partial charge on any atom is -0.309 e. The molecule has 0 radical (unpaired) electrons. The minimum absolute atomic E-state index is 0.318. The fourth-order valence-corrected chi connectivity index (χ4v) is 3.32. The lowest BCUT2D eigenvalue weighted by Crippen LogP contribution is -2.23. The molecule has 0 saturated carbocycles. The highest BCUT2D eigenvalue weighted by Crippen LogP contribution is 2.27. The van der Waals surface area contributed by atoms with Crippen molar-refractivity contribution in [2.24, 2.45) is 7.05 Å². The fraction of sp³-hybridized carbons (Fsp3) is 0.500. The highest BCUT2D eigenvalue weighted by atomic mass is 79.9. The maximum Gasteiger partial charge on any atom is 0.0846 e. The van der Waals surface area contributed by atoms with Crippen molar-refractivity contribution >= 4 is 27.3 Å². The van der Waals surface area contributed by atoms with Gasteiger partial charge in [0.1, 0.15) is 0 Å². The lowest BCUT2D eigenvalue weighted by Gasteiger charge is -2.15. The third kappa shape index (κ3) is 3.63. The van der Waals surface area contributed by atoms with Crippen LogP contribution in [0.1, 0.15) is 30.0 Å². The van der Waals surface area contributed by atoms with Gasteiger partial charge in [0.25, 0.3) is 0 Å². The Morgan fingerprint density at radius 3 is 2.94 bits per heavy atom. The first-order chi connectivity index (χ1) is 8.69. The van der Waals surface area contributed by atoms with E-state index in [9.17, 15) is 0 Å². The van der Waals surface area contributed by atoms with Gasteiger partial charge in [-0.15, -0.1) is 16.4 Å². The standard InChI is InChI=1S/C12H17BrN4S/c1-3-4-14-11(12-5-9(13)8-18-12)6-10-7-17(2)16-15-10/h5,7-8,11,14H,3-4,6H2,1-2H3. The van der Waals surface area contributed by atoms with Gasteiger partial charge in [0.05, 0.1) is 5.69 Å². The van der Waals surface area contributed by atoms with Crippen molar-refractivity contribution in [2.45, 2.75) is 25.8 Å². The molecule has 0 spiro atoms. The van der Waals surface area contributed by atoms with Crippen LogP contribution in [0.5, 0.6) is 0 Å². The van der Waals surface area contributed by atoms with E-state index in [0.29, 0.717) is 6.04 Å². The molecule has 2 rings (SSSR count). The third-order valence-corrected chi connectivity index (χ3v) is 4.44. The van der Waals surface area contributed by atoms with Crippen molar-refractivity contribution in [1.29, 1.82) is 0 Å². The van der Waals surface area contributed by atoms with Gasteiger partial charge >= 0.3 is 0 Å². The minimum atomic E-state index is 0.318. The number of hydrogen-bond donors (Lipinski definition) is 1. The van der Waals surface area contributed by atoms with Gasteiger partial charge in [-0.05, 0) is 35.0 Å². The molecule has 2 heterocycles. The SMILES string of the molecule is CCCNC(Cc1cn(C)nn1)c1cc(Br)cs1. The lowest BCUT2D eigenvalue weighted by atomic mass is 10.1. The molecular weight excluding hydrogens is 312 g/mol. The summed E-state index contributed by atoms with van der Waals surface area (Å²) in [5.41, 5.74) is 1.02. The molecule has 4 nitrogen and oxygen atoms in total. The van der Waals surface area contributed by atoms with E-state index in [1.54, 1.807) is 16.0 Å². The predicted molar refractivity (Wildman–Crippen MR) is 77.8 cm³/mol. The van der Waals surface area contributed by atoms with Gasteiger partial charge in [-0.25, -0.2) is 0 Å². The summed E-state index contributed by atoms with van der Waals surface area (Å²) in [6.07, 6.45) is 3.98. The molecule has 0 amide bonds. The maximum atomic E-state index is 4.16. The maximum absolute atomic E-state index is 4.16. The van der Waals surface area contributed by atoms with E-state index in [-0.39, 0.29) is 0 Å². The number of aromatic nitrogens is 3.